The molecule has 31 heavy (non-hydrogen) atoms. The summed E-state index contributed by atoms with van der Waals surface area (Å²) >= 11 is 0. The Bertz CT molecular complexity index is 343. The van der Waals surface area contributed by atoms with Gasteiger partial charge in [-0.2, -0.15) is 0 Å². The fraction of sp³-hybridized carbons (Fsp3) is 0.964. The first-order chi connectivity index (χ1) is 15.3. The molecule has 0 aromatic rings. The zero-order valence-electron chi connectivity index (χ0n) is 21.4. The summed E-state index contributed by atoms with van der Waals surface area (Å²) in [5, 5.41) is 0. The fourth-order valence-corrected chi connectivity index (χ4v) is 4.20. The fourth-order valence-electron chi connectivity index (χ4n) is 4.20. The van der Waals surface area contributed by atoms with Crippen LogP contribution in [-0.2, 0) is 9.47 Å². The summed E-state index contributed by atoms with van der Waals surface area (Å²) in [6.07, 6.45) is 31.5. The molecule has 0 heterocycles. The largest absolute Gasteiger partial charge is 0.508 e. The Labute approximate surface area is 195 Å². The highest BCUT2D eigenvalue weighted by atomic mass is 16.7. The average Bonchev–Trinajstić information content (AvgIpc) is 2.77. The second-order valence-corrected chi connectivity index (χ2v) is 9.31. The Morgan fingerprint density at radius 1 is 0.419 bits per heavy atom. The quantitative estimate of drug-likeness (QED) is 0.105. The van der Waals surface area contributed by atoms with Crippen molar-refractivity contribution >= 4 is 6.16 Å². The monoisotopic (exact) mass is 440 g/mol. The van der Waals surface area contributed by atoms with E-state index in [4.69, 9.17) is 9.47 Å². The zero-order chi connectivity index (χ0) is 22.7. The van der Waals surface area contributed by atoms with Gasteiger partial charge >= 0.3 is 6.16 Å². The van der Waals surface area contributed by atoms with E-state index in [0.29, 0.717) is 13.2 Å². The molecular formula is C28H56O3. The lowest BCUT2D eigenvalue weighted by Crippen LogP contribution is -2.07. The highest BCUT2D eigenvalue weighted by Crippen LogP contribution is 2.15. The maximum Gasteiger partial charge on any atom is 0.508 e. The first-order valence-corrected chi connectivity index (χ1v) is 14.1. The molecule has 0 aliphatic heterocycles. The van der Waals surface area contributed by atoms with Gasteiger partial charge in [0.15, 0.2) is 0 Å². The van der Waals surface area contributed by atoms with E-state index < -0.39 is 6.16 Å². The van der Waals surface area contributed by atoms with Crippen molar-refractivity contribution < 1.29 is 14.3 Å². The molecule has 0 aliphatic rings. The van der Waals surface area contributed by atoms with Crippen LogP contribution < -0.4 is 0 Å². The molecule has 3 nitrogen and oxygen atoms in total. The van der Waals surface area contributed by atoms with Gasteiger partial charge in [0.1, 0.15) is 0 Å². The van der Waals surface area contributed by atoms with E-state index in [1.165, 1.54) is 135 Å². The van der Waals surface area contributed by atoms with Crippen molar-refractivity contribution in [3.8, 4) is 0 Å². The topological polar surface area (TPSA) is 35.5 Å². The van der Waals surface area contributed by atoms with Gasteiger partial charge in [-0.3, -0.25) is 0 Å². The Morgan fingerprint density at radius 3 is 1.00 bits per heavy atom. The number of hydrogen-bond donors (Lipinski definition) is 0. The van der Waals surface area contributed by atoms with Crippen LogP contribution in [0.15, 0.2) is 0 Å². The lowest BCUT2D eigenvalue weighted by molar-refractivity contribution is 0.0578. The third-order valence-electron chi connectivity index (χ3n) is 6.23. The van der Waals surface area contributed by atoms with Crippen LogP contribution >= 0.6 is 0 Å². The summed E-state index contributed by atoms with van der Waals surface area (Å²) in [5.74, 6) is 0. The number of carbonyl (C=O) groups excluding carboxylic acids is 1. The van der Waals surface area contributed by atoms with Crippen molar-refractivity contribution in [3.63, 3.8) is 0 Å². The second-order valence-electron chi connectivity index (χ2n) is 9.31. The Kier molecular flexibility index (Phi) is 26.7. The average molecular weight is 441 g/mol. The second kappa shape index (κ2) is 27.3. The van der Waals surface area contributed by atoms with E-state index in [1.807, 2.05) is 0 Å². The molecule has 0 amide bonds. The number of carbonyl (C=O) groups is 1. The van der Waals surface area contributed by atoms with Gasteiger partial charge in [-0.05, 0) is 13.3 Å². The zero-order valence-corrected chi connectivity index (χ0v) is 21.4. The number of unbranched alkanes of at least 4 members (excludes halogenated alkanes) is 22. The van der Waals surface area contributed by atoms with Crippen LogP contribution in [-0.4, -0.2) is 19.4 Å². The van der Waals surface area contributed by atoms with Gasteiger partial charge in [0, 0.05) is 0 Å². The third kappa shape index (κ3) is 27.2. The Hall–Kier alpha value is -0.730. The molecule has 0 atom stereocenters. The van der Waals surface area contributed by atoms with Gasteiger partial charge < -0.3 is 9.47 Å². The van der Waals surface area contributed by atoms with Crippen molar-refractivity contribution in [2.75, 3.05) is 13.2 Å². The van der Waals surface area contributed by atoms with Crippen molar-refractivity contribution in [1.29, 1.82) is 0 Å². The molecule has 0 radical (unpaired) electrons. The minimum absolute atomic E-state index is 0.387. The molecular weight excluding hydrogens is 384 g/mol. The summed E-state index contributed by atoms with van der Waals surface area (Å²) in [4.78, 5) is 11.0. The molecule has 0 N–H and O–H groups in total. The summed E-state index contributed by atoms with van der Waals surface area (Å²) in [7, 11) is 0. The van der Waals surface area contributed by atoms with E-state index >= 15 is 0 Å². The minimum Gasteiger partial charge on any atom is -0.435 e. The van der Waals surface area contributed by atoms with Gasteiger partial charge in [0.05, 0.1) is 13.2 Å². The molecule has 0 unspecified atom stereocenters. The van der Waals surface area contributed by atoms with Crippen LogP contribution in [0.4, 0.5) is 4.79 Å². The first-order valence-electron chi connectivity index (χ1n) is 14.1. The molecule has 0 spiro atoms. The van der Waals surface area contributed by atoms with E-state index in [-0.39, 0.29) is 0 Å². The normalized spacial score (nSPS) is 11.0. The molecule has 0 aliphatic carbocycles. The Balaban J connectivity index is 3.03. The number of ether oxygens (including phenoxy) is 2. The lowest BCUT2D eigenvalue weighted by Gasteiger charge is -2.05. The highest BCUT2D eigenvalue weighted by molar-refractivity contribution is 5.59. The highest BCUT2D eigenvalue weighted by Gasteiger charge is 2.01. The predicted molar refractivity (Wildman–Crippen MR) is 135 cm³/mol. The van der Waals surface area contributed by atoms with E-state index in [1.54, 1.807) is 6.92 Å². The predicted octanol–water partition coefficient (Wildman–Crippen LogP) is 10.2. The van der Waals surface area contributed by atoms with Crippen molar-refractivity contribution in [2.45, 2.75) is 162 Å². The molecule has 0 saturated heterocycles. The molecule has 0 bridgehead atoms. The van der Waals surface area contributed by atoms with Crippen LogP contribution in [0.3, 0.4) is 0 Å². The van der Waals surface area contributed by atoms with Crippen LogP contribution in [0.1, 0.15) is 162 Å². The summed E-state index contributed by atoms with van der Waals surface area (Å²) in [6, 6.07) is 0. The maximum atomic E-state index is 11.0. The van der Waals surface area contributed by atoms with Crippen molar-refractivity contribution in [1.82, 2.24) is 0 Å². The molecule has 0 rings (SSSR count). The first kappa shape index (κ1) is 30.3. The Morgan fingerprint density at radius 2 is 0.710 bits per heavy atom. The molecule has 0 aromatic heterocycles. The van der Waals surface area contributed by atoms with E-state index in [2.05, 4.69) is 6.92 Å². The van der Waals surface area contributed by atoms with Gasteiger partial charge in [-0.15, -0.1) is 0 Å². The summed E-state index contributed by atoms with van der Waals surface area (Å²) in [6.45, 7) is 4.97. The van der Waals surface area contributed by atoms with Crippen LogP contribution in [0.2, 0.25) is 0 Å². The number of rotatable bonds is 25. The van der Waals surface area contributed by atoms with Gasteiger partial charge in [-0.25, -0.2) is 4.79 Å². The smallest absolute Gasteiger partial charge is 0.435 e. The van der Waals surface area contributed by atoms with Crippen LogP contribution in [0.5, 0.6) is 0 Å². The number of hydrogen-bond acceptors (Lipinski definition) is 3. The van der Waals surface area contributed by atoms with Crippen LogP contribution in [0.25, 0.3) is 0 Å². The molecule has 0 aromatic carbocycles. The van der Waals surface area contributed by atoms with Gasteiger partial charge in [0.2, 0.25) is 0 Å². The third-order valence-corrected chi connectivity index (χ3v) is 6.23. The summed E-state index contributed by atoms with van der Waals surface area (Å²) in [5.41, 5.74) is 0. The van der Waals surface area contributed by atoms with Gasteiger partial charge in [0.25, 0.3) is 0 Å². The maximum absolute atomic E-state index is 11.0. The lowest BCUT2D eigenvalue weighted by atomic mass is 10.0. The molecule has 3 heteroatoms. The minimum atomic E-state index is -0.527. The van der Waals surface area contributed by atoms with E-state index in [9.17, 15) is 4.79 Å². The van der Waals surface area contributed by atoms with Crippen LogP contribution in [0, 0.1) is 0 Å². The van der Waals surface area contributed by atoms with Crippen molar-refractivity contribution in [3.05, 3.63) is 0 Å². The van der Waals surface area contributed by atoms with Crippen molar-refractivity contribution in [2.24, 2.45) is 0 Å². The van der Waals surface area contributed by atoms with E-state index in [0.717, 1.165) is 12.8 Å². The molecule has 186 valence electrons. The molecule has 0 saturated carbocycles. The van der Waals surface area contributed by atoms with Gasteiger partial charge in [-0.1, -0.05) is 148 Å². The summed E-state index contributed by atoms with van der Waals surface area (Å²) < 4.78 is 9.70. The standard InChI is InChI=1S/C28H56O3/c1-3-5-6-7-8-9-10-11-12-13-14-15-16-17-18-19-20-21-22-23-24-25-26-27-31-28(29)30-4-2/h3-27H2,1-2H3. The molecule has 0 fully saturated rings. The SMILES string of the molecule is CCCCCCCCCCCCCCCCCCCCCCCCCOC(=O)OCC.